The minimum Gasteiger partial charge on any atom is -0.480 e. The lowest BCUT2D eigenvalue weighted by molar-refractivity contribution is -0.139. The molecule has 0 saturated heterocycles. The van der Waals surface area contributed by atoms with Crippen LogP contribution in [-0.4, -0.2) is 46.6 Å². The van der Waals surface area contributed by atoms with Crippen molar-refractivity contribution in [1.82, 2.24) is 10.6 Å². The number of hydrogen-bond acceptors (Lipinski definition) is 4. The van der Waals surface area contributed by atoms with Crippen LogP contribution >= 0.6 is 11.8 Å². The maximum absolute atomic E-state index is 11.6. The third-order valence-electron chi connectivity index (χ3n) is 2.23. The number of urea groups is 1. The average molecular weight is 291 g/mol. The van der Waals surface area contributed by atoms with Crippen LogP contribution < -0.4 is 16.4 Å². The van der Waals surface area contributed by atoms with Gasteiger partial charge in [0.15, 0.2) is 0 Å². The first-order valence-corrected chi connectivity index (χ1v) is 7.18. The van der Waals surface area contributed by atoms with Crippen LogP contribution in [0.3, 0.4) is 0 Å². The van der Waals surface area contributed by atoms with Crippen molar-refractivity contribution in [3.05, 3.63) is 0 Å². The van der Waals surface area contributed by atoms with Gasteiger partial charge in [-0.3, -0.25) is 4.79 Å². The molecule has 0 aliphatic carbocycles. The maximum atomic E-state index is 11.6. The van der Waals surface area contributed by atoms with Crippen LogP contribution in [0.5, 0.6) is 0 Å². The Balaban J connectivity index is 4.16. The fourth-order valence-electron chi connectivity index (χ4n) is 1.30. The Morgan fingerprint density at radius 1 is 1.32 bits per heavy atom. The van der Waals surface area contributed by atoms with Crippen LogP contribution in [0, 0.1) is 0 Å². The average Bonchev–Trinajstić information content (AvgIpc) is 2.31. The largest absolute Gasteiger partial charge is 0.480 e. The number of thioether (sulfide) groups is 1. The van der Waals surface area contributed by atoms with E-state index in [9.17, 15) is 14.4 Å². The first-order chi connectivity index (χ1) is 8.86. The maximum Gasteiger partial charge on any atom is 0.326 e. The number of primary amides is 1. The summed E-state index contributed by atoms with van der Waals surface area (Å²) >= 11 is 1.68. The number of carbonyl (C=O) groups excluding carboxylic acids is 2. The molecular formula is C11H21N3O4S. The van der Waals surface area contributed by atoms with E-state index in [1.165, 1.54) is 0 Å². The molecule has 0 bridgehead atoms. The normalized spacial score (nSPS) is 13.4. The lowest BCUT2D eigenvalue weighted by Gasteiger charge is -2.17. The molecule has 0 heterocycles. The van der Waals surface area contributed by atoms with Gasteiger partial charge in [-0.25, -0.2) is 9.59 Å². The highest BCUT2D eigenvalue weighted by atomic mass is 32.2. The van der Waals surface area contributed by atoms with Gasteiger partial charge >= 0.3 is 12.0 Å². The molecule has 0 radical (unpaired) electrons. The van der Waals surface area contributed by atoms with Crippen LogP contribution in [0.15, 0.2) is 0 Å². The van der Waals surface area contributed by atoms with Crippen molar-refractivity contribution >= 4 is 29.7 Å². The number of carboxylic acids is 1. The van der Waals surface area contributed by atoms with Gasteiger partial charge in [-0.1, -0.05) is 6.92 Å². The van der Waals surface area contributed by atoms with Crippen LogP contribution in [0.4, 0.5) is 4.79 Å². The molecule has 2 atom stereocenters. The van der Waals surface area contributed by atoms with E-state index < -0.39 is 23.9 Å². The molecule has 0 aliphatic heterocycles. The number of carboxylic acid groups (broad SMARTS) is 1. The van der Waals surface area contributed by atoms with Gasteiger partial charge in [-0.05, 0) is 19.1 Å². The second-order valence-electron chi connectivity index (χ2n) is 4.07. The first-order valence-electron chi connectivity index (χ1n) is 6.02. The Kier molecular flexibility index (Phi) is 8.77. The summed E-state index contributed by atoms with van der Waals surface area (Å²) in [6.45, 7) is 3.85. The summed E-state index contributed by atoms with van der Waals surface area (Å²) in [7, 11) is 0. The Morgan fingerprint density at radius 3 is 2.42 bits per heavy atom. The summed E-state index contributed by atoms with van der Waals surface area (Å²) < 4.78 is 0. The molecule has 0 fully saturated rings. The molecule has 0 spiro atoms. The fraction of sp³-hybridized carbons (Fsp3) is 0.727. The minimum atomic E-state index is -1.19. The predicted molar refractivity (Wildman–Crippen MR) is 74.0 cm³/mol. The topological polar surface area (TPSA) is 122 Å². The van der Waals surface area contributed by atoms with Gasteiger partial charge in [0.2, 0.25) is 5.91 Å². The highest BCUT2D eigenvalue weighted by Crippen LogP contribution is 2.01. The zero-order valence-electron chi connectivity index (χ0n) is 11.1. The van der Waals surface area contributed by atoms with Crippen molar-refractivity contribution in [2.45, 2.75) is 38.8 Å². The van der Waals surface area contributed by atoms with E-state index in [2.05, 4.69) is 10.6 Å². The summed E-state index contributed by atoms with van der Waals surface area (Å²) in [5, 5.41) is 13.9. The van der Waals surface area contributed by atoms with E-state index in [1.807, 2.05) is 13.8 Å². The number of hydrogen-bond donors (Lipinski definition) is 4. The van der Waals surface area contributed by atoms with Gasteiger partial charge in [0.05, 0.1) is 0 Å². The molecule has 7 nitrogen and oxygen atoms in total. The van der Waals surface area contributed by atoms with Gasteiger partial charge in [0.1, 0.15) is 6.04 Å². The van der Waals surface area contributed by atoms with E-state index in [0.29, 0.717) is 0 Å². The van der Waals surface area contributed by atoms with Gasteiger partial charge in [0.25, 0.3) is 0 Å². The van der Waals surface area contributed by atoms with E-state index in [0.717, 1.165) is 11.5 Å². The zero-order valence-corrected chi connectivity index (χ0v) is 12.0. The van der Waals surface area contributed by atoms with E-state index in [4.69, 9.17) is 10.8 Å². The van der Waals surface area contributed by atoms with Gasteiger partial charge in [0, 0.05) is 18.2 Å². The van der Waals surface area contributed by atoms with Crippen molar-refractivity contribution in [2.24, 2.45) is 5.73 Å². The van der Waals surface area contributed by atoms with Crippen molar-refractivity contribution in [3.8, 4) is 0 Å². The minimum absolute atomic E-state index is 0.0177. The zero-order chi connectivity index (χ0) is 14.8. The lowest BCUT2D eigenvalue weighted by atomic mass is 10.1. The number of amides is 3. The van der Waals surface area contributed by atoms with Crippen molar-refractivity contribution in [3.63, 3.8) is 0 Å². The molecule has 110 valence electrons. The highest BCUT2D eigenvalue weighted by Gasteiger charge is 2.21. The summed E-state index contributed by atoms with van der Waals surface area (Å²) in [5.74, 6) is -0.0828. The SMILES string of the molecule is CCSCC(C)NC(=O)N[C@@H](CCC(N)=O)C(=O)O. The predicted octanol–water partition coefficient (Wildman–Crippen LogP) is 0.146. The number of carbonyl (C=O) groups is 3. The van der Waals surface area contributed by atoms with Crippen LogP contribution in [0.25, 0.3) is 0 Å². The molecule has 0 rings (SSSR count). The molecule has 0 aromatic carbocycles. The molecular weight excluding hydrogens is 270 g/mol. The number of nitrogens with one attached hydrogen (secondary N) is 2. The van der Waals surface area contributed by atoms with E-state index in [-0.39, 0.29) is 18.9 Å². The third kappa shape index (κ3) is 9.18. The summed E-state index contributed by atoms with van der Waals surface area (Å²) in [6, 6.07) is -1.73. The molecule has 1 unspecified atom stereocenters. The molecule has 0 saturated carbocycles. The molecule has 0 aliphatic rings. The smallest absolute Gasteiger partial charge is 0.326 e. The quantitative estimate of drug-likeness (QED) is 0.481. The molecule has 19 heavy (non-hydrogen) atoms. The van der Waals surface area contributed by atoms with Crippen molar-refractivity contribution in [1.29, 1.82) is 0 Å². The summed E-state index contributed by atoms with van der Waals surface area (Å²) in [5.41, 5.74) is 4.94. The highest BCUT2D eigenvalue weighted by molar-refractivity contribution is 7.99. The Bertz CT molecular complexity index is 325. The van der Waals surface area contributed by atoms with Crippen molar-refractivity contribution in [2.75, 3.05) is 11.5 Å². The van der Waals surface area contributed by atoms with Crippen LogP contribution in [-0.2, 0) is 9.59 Å². The van der Waals surface area contributed by atoms with Gasteiger partial charge in [-0.2, -0.15) is 11.8 Å². The van der Waals surface area contributed by atoms with Crippen LogP contribution in [0.1, 0.15) is 26.7 Å². The summed E-state index contributed by atoms with van der Waals surface area (Å²) in [6.07, 6.45) is -0.103. The van der Waals surface area contributed by atoms with E-state index in [1.54, 1.807) is 11.8 Å². The fourth-order valence-corrected chi connectivity index (χ4v) is 1.98. The monoisotopic (exact) mass is 291 g/mol. The number of rotatable bonds is 9. The molecule has 3 amide bonds. The van der Waals surface area contributed by atoms with Crippen LogP contribution in [0.2, 0.25) is 0 Å². The molecule has 0 aromatic rings. The molecule has 5 N–H and O–H groups in total. The molecule has 8 heteroatoms. The molecule has 0 aromatic heterocycles. The first kappa shape index (κ1) is 17.6. The second-order valence-corrected chi connectivity index (χ2v) is 5.39. The van der Waals surface area contributed by atoms with Gasteiger partial charge < -0.3 is 21.5 Å². The summed E-state index contributed by atoms with van der Waals surface area (Å²) in [4.78, 5) is 33.1. The standard InChI is InChI=1S/C11H21N3O4S/c1-3-19-6-7(2)13-11(18)14-8(10(16)17)4-5-9(12)15/h7-8H,3-6H2,1-2H3,(H2,12,15)(H,16,17)(H2,13,14,18)/t7?,8-/m0/s1. The van der Waals surface area contributed by atoms with Crippen molar-refractivity contribution < 1.29 is 19.5 Å². The van der Waals surface area contributed by atoms with E-state index >= 15 is 0 Å². The lowest BCUT2D eigenvalue weighted by Crippen LogP contribution is -2.49. The second kappa shape index (κ2) is 9.48. The van der Waals surface area contributed by atoms with Gasteiger partial charge in [-0.15, -0.1) is 0 Å². The number of aliphatic carboxylic acids is 1. The Labute approximate surface area is 116 Å². The Morgan fingerprint density at radius 2 is 1.95 bits per heavy atom. The number of nitrogens with two attached hydrogens (primary N) is 1. The Hall–Kier alpha value is -1.44. The third-order valence-corrected chi connectivity index (χ3v) is 3.38.